The van der Waals surface area contributed by atoms with E-state index in [1.165, 1.54) is 135 Å². The summed E-state index contributed by atoms with van der Waals surface area (Å²) in [5.41, 5.74) is 0. The second-order valence-electron chi connectivity index (χ2n) is 26.8. The van der Waals surface area contributed by atoms with E-state index in [4.69, 9.17) is 37.0 Å². The molecule has 0 aromatic heterocycles. The van der Waals surface area contributed by atoms with Gasteiger partial charge in [0.25, 0.3) is 0 Å². The number of hydrogen-bond donors (Lipinski definition) is 3. The molecule has 0 saturated heterocycles. The largest absolute Gasteiger partial charge is 0.472 e. The number of hydrogen-bond acceptors (Lipinski definition) is 15. The number of esters is 4. The van der Waals surface area contributed by atoms with Gasteiger partial charge in [-0.1, -0.05) is 287 Å². The topological polar surface area (TPSA) is 237 Å². The third kappa shape index (κ3) is 62.8. The number of carbonyl (C=O) groups is 4. The summed E-state index contributed by atoms with van der Waals surface area (Å²) in [6, 6.07) is 0. The van der Waals surface area contributed by atoms with Crippen molar-refractivity contribution in [1.29, 1.82) is 0 Å². The van der Waals surface area contributed by atoms with Gasteiger partial charge in [-0.3, -0.25) is 37.3 Å². The summed E-state index contributed by atoms with van der Waals surface area (Å²) in [5.74, 6) is 0.794. The highest BCUT2D eigenvalue weighted by molar-refractivity contribution is 7.47. The van der Waals surface area contributed by atoms with Crippen LogP contribution in [0.4, 0.5) is 0 Å². The molecular formula is C69H134O17P2. The van der Waals surface area contributed by atoms with Crippen molar-refractivity contribution in [3.8, 4) is 0 Å². The van der Waals surface area contributed by atoms with Crippen LogP contribution in [-0.4, -0.2) is 96.7 Å². The van der Waals surface area contributed by atoms with E-state index >= 15 is 0 Å². The van der Waals surface area contributed by atoms with E-state index in [2.05, 4.69) is 55.4 Å². The maximum atomic E-state index is 13.0. The predicted octanol–water partition coefficient (Wildman–Crippen LogP) is 19.3. The van der Waals surface area contributed by atoms with Gasteiger partial charge in [0.2, 0.25) is 0 Å². The van der Waals surface area contributed by atoms with Gasteiger partial charge in [0.05, 0.1) is 26.4 Å². The molecule has 3 N–H and O–H groups in total. The van der Waals surface area contributed by atoms with Crippen molar-refractivity contribution in [3.63, 3.8) is 0 Å². The van der Waals surface area contributed by atoms with Gasteiger partial charge in [-0.05, 0) is 49.4 Å². The number of carbonyl (C=O) groups excluding carboxylic acids is 4. The van der Waals surface area contributed by atoms with Crippen molar-refractivity contribution < 1.29 is 80.2 Å². The van der Waals surface area contributed by atoms with Crippen molar-refractivity contribution in [1.82, 2.24) is 0 Å². The zero-order chi connectivity index (χ0) is 65.4. The molecule has 0 saturated carbocycles. The van der Waals surface area contributed by atoms with E-state index < -0.39 is 97.5 Å². The minimum absolute atomic E-state index is 0.103. The van der Waals surface area contributed by atoms with Gasteiger partial charge in [0.1, 0.15) is 19.3 Å². The van der Waals surface area contributed by atoms with Crippen LogP contribution in [-0.2, 0) is 65.4 Å². The van der Waals surface area contributed by atoms with Crippen LogP contribution in [0.1, 0.15) is 338 Å². The summed E-state index contributed by atoms with van der Waals surface area (Å²) in [5, 5.41) is 10.6. The third-order valence-corrected chi connectivity index (χ3v) is 17.7. The highest BCUT2D eigenvalue weighted by atomic mass is 31.2. The first-order chi connectivity index (χ1) is 42.1. The number of phosphoric acid groups is 2. The Morgan fingerprint density at radius 2 is 0.477 bits per heavy atom. The average Bonchev–Trinajstić information content (AvgIpc) is 3.51. The van der Waals surface area contributed by atoms with E-state index in [1.54, 1.807) is 0 Å². The van der Waals surface area contributed by atoms with Gasteiger partial charge in [-0.2, -0.15) is 0 Å². The lowest BCUT2D eigenvalue weighted by Crippen LogP contribution is -2.30. The van der Waals surface area contributed by atoms with Crippen LogP contribution >= 0.6 is 15.6 Å². The molecule has 0 bridgehead atoms. The molecule has 5 atom stereocenters. The lowest BCUT2D eigenvalue weighted by atomic mass is 10.0. The summed E-state index contributed by atoms with van der Waals surface area (Å²) in [6.45, 7) is 14.0. The summed E-state index contributed by atoms with van der Waals surface area (Å²) in [7, 11) is -9.90. The number of aliphatic hydroxyl groups is 1. The summed E-state index contributed by atoms with van der Waals surface area (Å²) < 4.78 is 68.2. The number of aliphatic hydroxyl groups excluding tert-OH is 1. The Hall–Kier alpha value is -1.94. The van der Waals surface area contributed by atoms with Crippen LogP contribution in [0.2, 0.25) is 0 Å². The average molecular weight is 1300 g/mol. The highest BCUT2D eigenvalue weighted by Crippen LogP contribution is 2.45. The SMILES string of the molecule is CC(C)CCCCCCCCCCCCCCCC(=O)OC[C@H](COP(=O)(O)OCC(O)COP(=O)(O)OC[C@@H](COC(=O)CCCCCCCCCC(C)C)OC(=O)CCCCCCCCCCCC(C)C)OC(=O)CCCCCCCCCC(C)C. The fourth-order valence-electron chi connectivity index (χ4n) is 10.3. The Morgan fingerprint density at radius 1 is 0.284 bits per heavy atom. The molecular weight excluding hydrogens is 1160 g/mol. The molecule has 0 heterocycles. The molecule has 88 heavy (non-hydrogen) atoms. The number of rotatable bonds is 66. The van der Waals surface area contributed by atoms with Crippen LogP contribution < -0.4 is 0 Å². The summed E-state index contributed by atoms with van der Waals surface area (Å²) in [6.07, 6.45) is 40.5. The molecule has 0 aliphatic heterocycles. The van der Waals surface area contributed by atoms with Gasteiger partial charge >= 0.3 is 39.5 Å². The summed E-state index contributed by atoms with van der Waals surface area (Å²) in [4.78, 5) is 72.4. The first-order valence-electron chi connectivity index (χ1n) is 35.7. The van der Waals surface area contributed by atoms with Gasteiger partial charge < -0.3 is 33.8 Å². The normalized spacial score (nSPS) is 14.3. The number of phosphoric ester groups is 2. The Kier molecular flexibility index (Phi) is 57.6. The summed E-state index contributed by atoms with van der Waals surface area (Å²) >= 11 is 0. The lowest BCUT2D eigenvalue weighted by molar-refractivity contribution is -0.161. The van der Waals surface area contributed by atoms with E-state index in [9.17, 15) is 43.2 Å². The zero-order valence-electron chi connectivity index (χ0n) is 57.3. The molecule has 0 amide bonds. The van der Waals surface area contributed by atoms with Crippen molar-refractivity contribution in [2.24, 2.45) is 23.7 Å². The molecule has 19 heteroatoms. The van der Waals surface area contributed by atoms with Crippen LogP contribution in [0.25, 0.3) is 0 Å². The molecule has 0 aromatic rings. The van der Waals surface area contributed by atoms with Crippen LogP contribution in [0, 0.1) is 23.7 Å². The Balaban J connectivity index is 5.22. The Labute approximate surface area is 537 Å². The molecule has 0 aromatic carbocycles. The molecule has 0 fully saturated rings. The molecule has 0 aliphatic rings. The van der Waals surface area contributed by atoms with E-state index in [-0.39, 0.29) is 25.7 Å². The van der Waals surface area contributed by atoms with Crippen molar-refractivity contribution in [2.45, 2.75) is 356 Å². The quantitative estimate of drug-likeness (QED) is 0.0222. The zero-order valence-corrected chi connectivity index (χ0v) is 59.1. The van der Waals surface area contributed by atoms with Crippen molar-refractivity contribution in [2.75, 3.05) is 39.6 Å². The molecule has 3 unspecified atom stereocenters. The minimum atomic E-state index is -4.95. The molecule has 522 valence electrons. The van der Waals surface area contributed by atoms with Crippen LogP contribution in [0.5, 0.6) is 0 Å². The molecule has 0 rings (SSSR count). The predicted molar refractivity (Wildman–Crippen MR) is 354 cm³/mol. The monoisotopic (exact) mass is 1300 g/mol. The van der Waals surface area contributed by atoms with Gasteiger partial charge in [0, 0.05) is 25.7 Å². The van der Waals surface area contributed by atoms with E-state index in [1.807, 2.05) is 0 Å². The first-order valence-corrected chi connectivity index (χ1v) is 38.7. The molecule has 17 nitrogen and oxygen atoms in total. The van der Waals surface area contributed by atoms with Gasteiger partial charge in [-0.25, -0.2) is 9.13 Å². The van der Waals surface area contributed by atoms with Gasteiger partial charge in [0.15, 0.2) is 12.2 Å². The molecule has 0 aliphatic carbocycles. The number of unbranched alkanes of at least 4 members (excludes halogenated alkanes) is 32. The van der Waals surface area contributed by atoms with E-state index in [0.29, 0.717) is 37.5 Å². The van der Waals surface area contributed by atoms with E-state index in [0.717, 1.165) is 108 Å². The number of ether oxygens (including phenoxy) is 4. The van der Waals surface area contributed by atoms with Crippen molar-refractivity contribution in [3.05, 3.63) is 0 Å². The smallest absolute Gasteiger partial charge is 0.462 e. The van der Waals surface area contributed by atoms with Gasteiger partial charge in [-0.15, -0.1) is 0 Å². The molecule has 0 spiro atoms. The fraction of sp³-hybridized carbons (Fsp3) is 0.942. The Morgan fingerprint density at radius 3 is 0.705 bits per heavy atom. The standard InChI is InChI=1S/C69H134O17P2/c1-59(2)45-37-29-21-15-12-10-9-11-13-17-25-33-41-49-66(71)79-55-65(86-69(74)52-44-36-28-20-24-32-40-48-62(7)8)58-84-88(77,78)82-54-63(70)53-81-87(75,76)83-57-64(56-80-67(72)50-42-34-27-19-23-31-39-47-61(5)6)85-68(73)51-43-35-26-18-14-16-22-30-38-46-60(3)4/h59-65,70H,9-58H2,1-8H3,(H,75,76)(H,77,78)/t63?,64-,65-/m1/s1. The fourth-order valence-corrected chi connectivity index (χ4v) is 11.9. The van der Waals surface area contributed by atoms with Crippen LogP contribution in [0.15, 0.2) is 0 Å². The minimum Gasteiger partial charge on any atom is -0.462 e. The molecule has 0 radical (unpaired) electrons. The lowest BCUT2D eigenvalue weighted by Gasteiger charge is -2.21. The second kappa shape index (κ2) is 58.8. The van der Waals surface area contributed by atoms with Crippen LogP contribution in [0.3, 0.4) is 0 Å². The second-order valence-corrected chi connectivity index (χ2v) is 29.7. The third-order valence-electron chi connectivity index (χ3n) is 15.8. The first kappa shape index (κ1) is 86.1. The highest BCUT2D eigenvalue weighted by Gasteiger charge is 2.30. The van der Waals surface area contributed by atoms with Crippen molar-refractivity contribution >= 4 is 39.5 Å². The Bertz CT molecular complexity index is 1750. The maximum Gasteiger partial charge on any atom is 0.472 e. The maximum absolute atomic E-state index is 13.0.